The molecule has 0 atom stereocenters. The molecule has 1 aliphatic rings. The zero-order chi connectivity index (χ0) is 16.4. The Balaban J connectivity index is 1.61. The molecule has 2 aromatic rings. The number of piperidine rings is 1. The van der Waals surface area contributed by atoms with Crippen LogP contribution in [-0.4, -0.2) is 51.7 Å². The smallest absolute Gasteiger partial charge is 0.316 e. The molecule has 0 bridgehead atoms. The third-order valence-corrected chi connectivity index (χ3v) is 5.44. The van der Waals surface area contributed by atoms with Crippen LogP contribution in [0.4, 0.5) is 4.39 Å². The number of aryl methyl sites for hydroxylation is 1. The zero-order valence-corrected chi connectivity index (χ0v) is 13.3. The van der Waals surface area contributed by atoms with E-state index in [9.17, 15) is 12.8 Å². The third-order valence-electron chi connectivity index (χ3n) is 3.59. The molecule has 10 heteroatoms. The molecule has 0 saturated carbocycles. The summed E-state index contributed by atoms with van der Waals surface area (Å²) in [6.45, 7) is 0.673. The van der Waals surface area contributed by atoms with Crippen molar-refractivity contribution in [1.29, 1.82) is 0 Å². The van der Waals surface area contributed by atoms with Crippen molar-refractivity contribution in [2.75, 3.05) is 13.1 Å². The van der Waals surface area contributed by atoms with Gasteiger partial charge in [-0.2, -0.15) is 9.40 Å². The normalized spacial score (nSPS) is 17.3. The summed E-state index contributed by atoms with van der Waals surface area (Å²) < 4.78 is 46.1. The van der Waals surface area contributed by atoms with Crippen LogP contribution in [0.3, 0.4) is 0 Å². The van der Waals surface area contributed by atoms with Gasteiger partial charge in [-0.25, -0.2) is 22.8 Å². The van der Waals surface area contributed by atoms with Crippen molar-refractivity contribution in [3.8, 4) is 6.01 Å². The molecule has 124 valence electrons. The van der Waals surface area contributed by atoms with Gasteiger partial charge in [0.2, 0.25) is 10.0 Å². The summed E-state index contributed by atoms with van der Waals surface area (Å²) in [6.07, 6.45) is 5.71. The standard InChI is InChI=1S/C13H16FN5O3S/c1-18-9-12(8-17-18)23(20,21)19-4-2-11(3-5-19)22-13-15-6-10(14)7-16-13/h6-9,11H,2-5H2,1H3. The van der Waals surface area contributed by atoms with Gasteiger partial charge >= 0.3 is 6.01 Å². The monoisotopic (exact) mass is 341 g/mol. The SMILES string of the molecule is Cn1cc(S(=O)(=O)N2CCC(Oc3ncc(F)cn3)CC2)cn1. The van der Waals surface area contributed by atoms with Gasteiger partial charge in [-0.1, -0.05) is 0 Å². The maximum absolute atomic E-state index is 12.7. The minimum atomic E-state index is -3.53. The van der Waals surface area contributed by atoms with Gasteiger partial charge in [-0.3, -0.25) is 4.68 Å². The Labute approximate surface area is 133 Å². The highest BCUT2D eigenvalue weighted by Gasteiger charge is 2.31. The fourth-order valence-corrected chi connectivity index (χ4v) is 3.84. The summed E-state index contributed by atoms with van der Waals surface area (Å²) in [5.74, 6) is -0.533. The van der Waals surface area contributed by atoms with Crippen LogP contribution in [0.25, 0.3) is 0 Å². The van der Waals surface area contributed by atoms with Crippen molar-refractivity contribution >= 4 is 10.0 Å². The van der Waals surface area contributed by atoms with Gasteiger partial charge in [0.15, 0.2) is 5.82 Å². The van der Waals surface area contributed by atoms with E-state index >= 15 is 0 Å². The molecule has 0 N–H and O–H groups in total. The first-order chi connectivity index (χ1) is 10.9. The van der Waals surface area contributed by atoms with Crippen molar-refractivity contribution in [2.45, 2.75) is 23.8 Å². The number of halogens is 1. The maximum Gasteiger partial charge on any atom is 0.316 e. The molecule has 1 saturated heterocycles. The van der Waals surface area contributed by atoms with E-state index in [0.717, 1.165) is 12.4 Å². The molecule has 0 radical (unpaired) electrons. The highest BCUT2D eigenvalue weighted by molar-refractivity contribution is 7.89. The first kappa shape index (κ1) is 15.8. The van der Waals surface area contributed by atoms with Gasteiger partial charge in [-0.15, -0.1) is 0 Å². The number of nitrogens with zero attached hydrogens (tertiary/aromatic N) is 5. The second-order valence-corrected chi connectivity index (χ2v) is 7.19. The van der Waals surface area contributed by atoms with Gasteiger partial charge in [0, 0.05) is 26.3 Å². The third kappa shape index (κ3) is 3.48. The van der Waals surface area contributed by atoms with Crippen LogP contribution in [0.1, 0.15) is 12.8 Å². The number of aromatic nitrogens is 4. The Hall–Kier alpha value is -2.07. The van der Waals surface area contributed by atoms with E-state index in [-0.39, 0.29) is 17.0 Å². The lowest BCUT2D eigenvalue weighted by Crippen LogP contribution is -2.41. The van der Waals surface area contributed by atoms with Crippen LogP contribution >= 0.6 is 0 Å². The fraction of sp³-hybridized carbons (Fsp3) is 0.462. The Morgan fingerprint density at radius 2 is 1.87 bits per heavy atom. The van der Waals surface area contributed by atoms with E-state index in [0.29, 0.717) is 25.9 Å². The fourth-order valence-electron chi connectivity index (χ4n) is 2.38. The molecule has 8 nitrogen and oxygen atoms in total. The summed E-state index contributed by atoms with van der Waals surface area (Å²) in [5.41, 5.74) is 0. The van der Waals surface area contributed by atoms with Gasteiger partial charge in [0.25, 0.3) is 0 Å². The van der Waals surface area contributed by atoms with E-state index in [1.807, 2.05) is 0 Å². The quantitative estimate of drug-likeness (QED) is 0.808. The summed E-state index contributed by atoms with van der Waals surface area (Å²) in [6, 6.07) is 0.0972. The molecular weight excluding hydrogens is 325 g/mol. The largest absolute Gasteiger partial charge is 0.460 e. The predicted molar refractivity (Wildman–Crippen MR) is 77.6 cm³/mol. The minimum absolute atomic E-state index is 0.0972. The number of hydrogen-bond donors (Lipinski definition) is 0. The van der Waals surface area contributed by atoms with Crippen LogP contribution in [0.15, 0.2) is 29.7 Å². The summed E-state index contributed by atoms with van der Waals surface area (Å²) in [7, 11) is -1.86. The highest BCUT2D eigenvalue weighted by atomic mass is 32.2. The second kappa shape index (κ2) is 6.20. The first-order valence-corrected chi connectivity index (χ1v) is 8.52. The summed E-state index contributed by atoms with van der Waals surface area (Å²) >= 11 is 0. The lowest BCUT2D eigenvalue weighted by molar-refractivity contribution is 0.124. The molecule has 23 heavy (non-hydrogen) atoms. The average Bonchev–Trinajstić information content (AvgIpc) is 2.98. The van der Waals surface area contributed by atoms with E-state index in [4.69, 9.17) is 4.74 Å². The topological polar surface area (TPSA) is 90.2 Å². The van der Waals surface area contributed by atoms with Gasteiger partial charge in [0.05, 0.1) is 18.6 Å². The van der Waals surface area contributed by atoms with Gasteiger partial charge in [0.1, 0.15) is 11.0 Å². The molecule has 1 fully saturated rings. The van der Waals surface area contributed by atoms with Crippen LogP contribution in [0, 0.1) is 5.82 Å². The second-order valence-electron chi connectivity index (χ2n) is 5.25. The molecule has 3 rings (SSSR count). The zero-order valence-electron chi connectivity index (χ0n) is 12.5. The molecular formula is C13H16FN5O3S. The van der Waals surface area contributed by atoms with Crippen LogP contribution in [0.5, 0.6) is 6.01 Å². The predicted octanol–water partition coefficient (Wildman–Crippen LogP) is 0.581. The number of ether oxygens (including phenoxy) is 1. The molecule has 0 spiro atoms. The van der Waals surface area contributed by atoms with Crippen molar-refractivity contribution in [2.24, 2.45) is 7.05 Å². The lowest BCUT2D eigenvalue weighted by atomic mass is 10.1. The molecule has 2 aromatic heterocycles. The lowest BCUT2D eigenvalue weighted by Gasteiger charge is -2.30. The summed E-state index contributed by atoms with van der Waals surface area (Å²) in [5, 5.41) is 3.89. The number of sulfonamides is 1. The van der Waals surface area contributed by atoms with Crippen LogP contribution in [0.2, 0.25) is 0 Å². The van der Waals surface area contributed by atoms with Crippen molar-refractivity contribution in [3.05, 3.63) is 30.6 Å². The molecule has 0 unspecified atom stereocenters. The summed E-state index contributed by atoms with van der Waals surface area (Å²) in [4.78, 5) is 7.66. The van der Waals surface area contributed by atoms with Crippen LogP contribution in [-0.2, 0) is 17.1 Å². The number of hydrogen-bond acceptors (Lipinski definition) is 6. The Morgan fingerprint density at radius 1 is 1.22 bits per heavy atom. The van der Waals surface area contributed by atoms with E-state index in [1.165, 1.54) is 21.4 Å². The molecule has 3 heterocycles. The van der Waals surface area contributed by atoms with Crippen molar-refractivity contribution in [3.63, 3.8) is 0 Å². The van der Waals surface area contributed by atoms with Crippen molar-refractivity contribution < 1.29 is 17.5 Å². The molecule has 0 aromatic carbocycles. The molecule has 1 aliphatic heterocycles. The van der Waals surface area contributed by atoms with Gasteiger partial charge in [-0.05, 0) is 12.8 Å². The first-order valence-electron chi connectivity index (χ1n) is 7.08. The maximum atomic E-state index is 12.7. The van der Waals surface area contributed by atoms with E-state index in [2.05, 4.69) is 15.1 Å². The van der Waals surface area contributed by atoms with Crippen LogP contribution < -0.4 is 4.74 Å². The van der Waals surface area contributed by atoms with E-state index < -0.39 is 15.8 Å². The molecule has 0 amide bonds. The average molecular weight is 341 g/mol. The molecule has 0 aliphatic carbocycles. The van der Waals surface area contributed by atoms with Gasteiger partial charge < -0.3 is 4.74 Å². The van der Waals surface area contributed by atoms with E-state index in [1.54, 1.807) is 7.05 Å². The Bertz CT molecular complexity index is 769. The van der Waals surface area contributed by atoms with Crippen molar-refractivity contribution in [1.82, 2.24) is 24.1 Å². The Morgan fingerprint density at radius 3 is 2.43 bits per heavy atom. The Kier molecular flexibility index (Phi) is 4.26. The minimum Gasteiger partial charge on any atom is -0.460 e. The highest BCUT2D eigenvalue weighted by Crippen LogP contribution is 2.22. The number of rotatable bonds is 4.